The summed E-state index contributed by atoms with van der Waals surface area (Å²) in [4.78, 5) is 13.7. The summed E-state index contributed by atoms with van der Waals surface area (Å²) in [5, 5.41) is 0. The van der Waals surface area contributed by atoms with Crippen LogP contribution in [0.2, 0.25) is 0 Å². The second kappa shape index (κ2) is 5.77. The Morgan fingerprint density at radius 3 is 2.59 bits per heavy atom. The molecule has 0 aromatic heterocycles. The number of nitrogens with two attached hydrogens (primary N) is 1. The van der Waals surface area contributed by atoms with Crippen LogP contribution in [-0.4, -0.2) is 18.5 Å². The van der Waals surface area contributed by atoms with E-state index in [-0.39, 0.29) is 23.7 Å². The van der Waals surface area contributed by atoms with Crippen LogP contribution >= 0.6 is 0 Å². The second-order valence-electron chi connectivity index (χ2n) is 4.21. The van der Waals surface area contributed by atoms with Gasteiger partial charge in [-0.2, -0.15) is 0 Å². The van der Waals surface area contributed by atoms with Gasteiger partial charge in [-0.05, 0) is 32.0 Å². The lowest BCUT2D eigenvalue weighted by atomic mass is 10.0. The van der Waals surface area contributed by atoms with E-state index in [0.717, 1.165) is 0 Å². The highest BCUT2D eigenvalue weighted by Gasteiger charge is 2.23. The number of amides is 1. The fraction of sp³-hybridized carbons (Fsp3) is 0.462. The Kier molecular flexibility index (Phi) is 4.63. The van der Waals surface area contributed by atoms with Crippen LogP contribution in [-0.2, 0) is 4.79 Å². The third-order valence-corrected chi connectivity index (χ3v) is 2.88. The van der Waals surface area contributed by atoms with Gasteiger partial charge in [0.05, 0.1) is 5.92 Å². The maximum Gasteiger partial charge on any atom is 0.231 e. The smallest absolute Gasteiger partial charge is 0.231 e. The Bertz CT molecular complexity index is 393. The molecule has 2 N–H and O–H groups in total. The van der Waals surface area contributed by atoms with Crippen molar-refractivity contribution in [1.82, 2.24) is 0 Å². The van der Waals surface area contributed by atoms with Crippen molar-refractivity contribution >= 4 is 11.6 Å². The number of anilines is 1. The molecule has 0 aliphatic rings. The van der Waals surface area contributed by atoms with Crippen LogP contribution in [0.4, 0.5) is 10.1 Å². The van der Waals surface area contributed by atoms with Crippen LogP contribution < -0.4 is 10.6 Å². The van der Waals surface area contributed by atoms with Gasteiger partial charge in [0.15, 0.2) is 0 Å². The van der Waals surface area contributed by atoms with E-state index in [1.807, 2.05) is 6.92 Å². The third-order valence-electron chi connectivity index (χ3n) is 2.88. The highest BCUT2D eigenvalue weighted by molar-refractivity contribution is 5.95. The summed E-state index contributed by atoms with van der Waals surface area (Å²) in [6.07, 6.45) is 0. The number of rotatable bonds is 4. The van der Waals surface area contributed by atoms with Gasteiger partial charge < -0.3 is 10.6 Å². The van der Waals surface area contributed by atoms with Crippen molar-refractivity contribution in [3.05, 3.63) is 30.1 Å². The van der Waals surface area contributed by atoms with Crippen LogP contribution in [0.5, 0.6) is 0 Å². The van der Waals surface area contributed by atoms with E-state index in [0.29, 0.717) is 12.2 Å². The molecule has 94 valence electrons. The number of hydrogen-bond donors (Lipinski definition) is 1. The molecule has 0 bridgehead atoms. The predicted molar refractivity (Wildman–Crippen MR) is 67.2 cm³/mol. The van der Waals surface area contributed by atoms with Gasteiger partial charge in [-0.15, -0.1) is 0 Å². The summed E-state index contributed by atoms with van der Waals surface area (Å²) < 4.78 is 13.1. The molecule has 0 heterocycles. The maximum absolute atomic E-state index is 13.1. The van der Waals surface area contributed by atoms with E-state index in [9.17, 15) is 9.18 Å². The second-order valence-corrected chi connectivity index (χ2v) is 4.21. The molecule has 0 spiro atoms. The van der Waals surface area contributed by atoms with Gasteiger partial charge in [-0.1, -0.05) is 13.0 Å². The molecular formula is C13H19FN2O. The predicted octanol–water partition coefficient (Wildman–Crippen LogP) is 2.16. The van der Waals surface area contributed by atoms with Crippen molar-refractivity contribution in [2.24, 2.45) is 11.7 Å². The minimum absolute atomic E-state index is 0.0758. The molecule has 3 nitrogen and oxygen atoms in total. The van der Waals surface area contributed by atoms with E-state index < -0.39 is 0 Å². The van der Waals surface area contributed by atoms with Gasteiger partial charge in [-0.25, -0.2) is 4.39 Å². The summed E-state index contributed by atoms with van der Waals surface area (Å²) in [6.45, 7) is 5.94. The molecule has 1 rings (SSSR count). The molecule has 17 heavy (non-hydrogen) atoms. The van der Waals surface area contributed by atoms with Gasteiger partial charge in [0.25, 0.3) is 0 Å². The van der Waals surface area contributed by atoms with Crippen molar-refractivity contribution in [2.75, 3.05) is 11.4 Å². The minimum Gasteiger partial charge on any atom is -0.327 e. The quantitative estimate of drug-likeness (QED) is 0.873. The molecule has 0 aliphatic heterocycles. The van der Waals surface area contributed by atoms with Gasteiger partial charge in [0, 0.05) is 18.3 Å². The highest BCUT2D eigenvalue weighted by atomic mass is 19.1. The first-order chi connectivity index (χ1) is 7.97. The first-order valence-electron chi connectivity index (χ1n) is 5.80. The molecule has 2 atom stereocenters. The minimum atomic E-state index is -0.345. The summed E-state index contributed by atoms with van der Waals surface area (Å²) in [6, 6.07) is 5.81. The molecule has 0 radical (unpaired) electrons. The standard InChI is InChI=1S/C13H19FN2O/c1-4-16(13(17)9(2)10(3)15)12-7-5-6-11(14)8-12/h5-10H,4,15H2,1-3H3. The average Bonchev–Trinajstić information content (AvgIpc) is 2.28. The summed E-state index contributed by atoms with van der Waals surface area (Å²) in [5.41, 5.74) is 6.29. The largest absolute Gasteiger partial charge is 0.327 e. The fourth-order valence-electron chi connectivity index (χ4n) is 1.58. The van der Waals surface area contributed by atoms with E-state index in [4.69, 9.17) is 5.73 Å². The number of halogens is 1. The van der Waals surface area contributed by atoms with Crippen LogP contribution in [0, 0.1) is 11.7 Å². The zero-order valence-electron chi connectivity index (χ0n) is 10.5. The topological polar surface area (TPSA) is 46.3 Å². The highest BCUT2D eigenvalue weighted by Crippen LogP contribution is 2.18. The van der Waals surface area contributed by atoms with E-state index in [1.165, 1.54) is 12.1 Å². The fourth-order valence-corrected chi connectivity index (χ4v) is 1.58. The molecule has 0 saturated carbocycles. The Hall–Kier alpha value is -1.42. The summed E-state index contributed by atoms with van der Waals surface area (Å²) in [5.74, 6) is -0.700. The molecule has 0 saturated heterocycles. The lowest BCUT2D eigenvalue weighted by Gasteiger charge is -2.26. The third kappa shape index (κ3) is 3.27. The SMILES string of the molecule is CCN(C(=O)C(C)C(C)N)c1cccc(F)c1. The zero-order valence-corrected chi connectivity index (χ0v) is 10.5. The van der Waals surface area contributed by atoms with Crippen molar-refractivity contribution in [3.63, 3.8) is 0 Å². The molecule has 1 aromatic carbocycles. The monoisotopic (exact) mass is 238 g/mol. The van der Waals surface area contributed by atoms with Crippen LogP contribution in [0.1, 0.15) is 20.8 Å². The van der Waals surface area contributed by atoms with Gasteiger partial charge in [-0.3, -0.25) is 4.79 Å². The molecular weight excluding hydrogens is 219 g/mol. The van der Waals surface area contributed by atoms with Crippen LogP contribution in [0.25, 0.3) is 0 Å². The molecule has 4 heteroatoms. The van der Waals surface area contributed by atoms with Crippen LogP contribution in [0.15, 0.2) is 24.3 Å². The van der Waals surface area contributed by atoms with Gasteiger partial charge >= 0.3 is 0 Å². The van der Waals surface area contributed by atoms with Gasteiger partial charge in [0.1, 0.15) is 5.82 Å². The van der Waals surface area contributed by atoms with E-state index >= 15 is 0 Å². The Morgan fingerprint density at radius 2 is 2.12 bits per heavy atom. The first-order valence-corrected chi connectivity index (χ1v) is 5.80. The number of nitrogens with zero attached hydrogens (tertiary/aromatic N) is 1. The van der Waals surface area contributed by atoms with E-state index in [1.54, 1.807) is 30.9 Å². The maximum atomic E-state index is 13.1. The van der Waals surface area contributed by atoms with Crippen molar-refractivity contribution < 1.29 is 9.18 Å². The number of carbonyl (C=O) groups is 1. The van der Waals surface area contributed by atoms with Crippen molar-refractivity contribution in [3.8, 4) is 0 Å². The summed E-state index contributed by atoms with van der Waals surface area (Å²) in [7, 11) is 0. The molecule has 2 unspecified atom stereocenters. The average molecular weight is 238 g/mol. The Labute approximate surface area is 101 Å². The number of benzene rings is 1. The normalized spacial score (nSPS) is 14.2. The van der Waals surface area contributed by atoms with E-state index in [2.05, 4.69) is 0 Å². The van der Waals surface area contributed by atoms with Crippen LogP contribution in [0.3, 0.4) is 0 Å². The lowest BCUT2D eigenvalue weighted by molar-refractivity contribution is -0.122. The molecule has 0 fully saturated rings. The lowest BCUT2D eigenvalue weighted by Crippen LogP contribution is -2.41. The van der Waals surface area contributed by atoms with Crippen molar-refractivity contribution in [1.29, 1.82) is 0 Å². The molecule has 1 aromatic rings. The molecule has 1 amide bonds. The summed E-state index contributed by atoms with van der Waals surface area (Å²) >= 11 is 0. The Balaban J connectivity index is 2.96. The number of carbonyl (C=O) groups excluding carboxylic acids is 1. The first kappa shape index (κ1) is 13.6. The van der Waals surface area contributed by atoms with Crippen molar-refractivity contribution in [2.45, 2.75) is 26.8 Å². The molecule has 0 aliphatic carbocycles. The van der Waals surface area contributed by atoms with Gasteiger partial charge in [0.2, 0.25) is 5.91 Å². The zero-order chi connectivity index (χ0) is 13.0. The Morgan fingerprint density at radius 1 is 1.47 bits per heavy atom. The number of hydrogen-bond acceptors (Lipinski definition) is 2.